The van der Waals surface area contributed by atoms with Crippen LogP contribution in [0.15, 0.2) is 24.0 Å². The Kier molecular flexibility index (Phi) is 3.60. The van der Waals surface area contributed by atoms with Crippen LogP contribution in [0.4, 0.5) is 8.78 Å². The number of benzene rings is 1. The van der Waals surface area contributed by atoms with Crippen LogP contribution in [0.2, 0.25) is 0 Å². The van der Waals surface area contributed by atoms with Crippen LogP contribution in [0.1, 0.15) is 17.5 Å². The van der Waals surface area contributed by atoms with Crippen LogP contribution in [-0.4, -0.2) is 23.0 Å². The fourth-order valence-corrected chi connectivity index (χ4v) is 3.52. The molecule has 0 spiro atoms. The lowest BCUT2D eigenvalue weighted by atomic mass is 9.87. The van der Waals surface area contributed by atoms with Gasteiger partial charge in [0.15, 0.2) is 0 Å². The fourth-order valence-electron chi connectivity index (χ4n) is 3.10. The molecule has 0 radical (unpaired) electrons. The third-order valence-corrected chi connectivity index (χ3v) is 4.43. The van der Waals surface area contributed by atoms with Gasteiger partial charge in [-0.3, -0.25) is 0 Å². The summed E-state index contributed by atoms with van der Waals surface area (Å²) >= 11 is 4.48. The summed E-state index contributed by atoms with van der Waals surface area (Å²) in [6.07, 6.45) is 3.89. The van der Waals surface area contributed by atoms with E-state index in [0.717, 1.165) is 23.7 Å². The molecule has 6 heteroatoms. The standard InChI is InChI=1S/C14H17F2N3S/c15-9-3-8-4-10(1-2-12(8)13(16)5-9)19-11(6-17)7-18-14(19)20/h3,5,7,10,14,18,20H,1-2,4,6,17H2/t10-,14-/m1/s1. The molecule has 0 saturated heterocycles. The molecule has 3 rings (SSSR count). The molecule has 0 bridgehead atoms. The van der Waals surface area contributed by atoms with Crippen LogP contribution in [0.3, 0.4) is 0 Å². The number of nitrogens with zero attached hydrogens (tertiary/aromatic N) is 1. The van der Waals surface area contributed by atoms with E-state index in [2.05, 4.69) is 22.8 Å². The average Bonchev–Trinajstić information content (AvgIpc) is 2.78. The van der Waals surface area contributed by atoms with Gasteiger partial charge in [0.25, 0.3) is 0 Å². The van der Waals surface area contributed by atoms with Gasteiger partial charge >= 0.3 is 0 Å². The lowest BCUT2D eigenvalue weighted by molar-refractivity contribution is 0.222. The van der Waals surface area contributed by atoms with E-state index < -0.39 is 11.6 Å². The number of hydrogen-bond acceptors (Lipinski definition) is 4. The van der Waals surface area contributed by atoms with Gasteiger partial charge in [0, 0.05) is 30.5 Å². The highest BCUT2D eigenvalue weighted by Gasteiger charge is 2.32. The van der Waals surface area contributed by atoms with Gasteiger partial charge in [0.1, 0.15) is 17.1 Å². The number of halogens is 2. The minimum atomic E-state index is -0.515. The van der Waals surface area contributed by atoms with Gasteiger partial charge in [0.2, 0.25) is 0 Å². The minimum absolute atomic E-state index is 0.126. The predicted molar refractivity (Wildman–Crippen MR) is 77.1 cm³/mol. The highest BCUT2D eigenvalue weighted by Crippen LogP contribution is 2.31. The lowest BCUT2D eigenvalue weighted by Gasteiger charge is -2.37. The molecule has 1 heterocycles. The number of nitrogens with two attached hydrogens (primary N) is 1. The summed E-state index contributed by atoms with van der Waals surface area (Å²) in [4.78, 5) is 2.11. The van der Waals surface area contributed by atoms with Crippen LogP contribution < -0.4 is 11.1 Å². The first-order chi connectivity index (χ1) is 9.60. The van der Waals surface area contributed by atoms with Crippen molar-refractivity contribution < 1.29 is 8.78 Å². The number of thiol groups is 1. The average molecular weight is 297 g/mol. The summed E-state index contributed by atoms with van der Waals surface area (Å²) in [5, 5.41) is 3.11. The molecule has 1 aliphatic heterocycles. The molecular formula is C14H17F2N3S. The molecule has 3 nitrogen and oxygen atoms in total. The molecule has 1 aliphatic carbocycles. The summed E-state index contributed by atoms with van der Waals surface area (Å²) in [7, 11) is 0. The van der Waals surface area contributed by atoms with E-state index in [9.17, 15) is 8.78 Å². The van der Waals surface area contributed by atoms with E-state index in [1.54, 1.807) is 0 Å². The van der Waals surface area contributed by atoms with Gasteiger partial charge in [-0.2, -0.15) is 0 Å². The Morgan fingerprint density at radius 3 is 2.95 bits per heavy atom. The second kappa shape index (κ2) is 5.26. The Labute approximate surface area is 122 Å². The second-order valence-electron chi connectivity index (χ2n) is 5.21. The van der Waals surface area contributed by atoms with E-state index >= 15 is 0 Å². The molecule has 20 heavy (non-hydrogen) atoms. The van der Waals surface area contributed by atoms with E-state index in [-0.39, 0.29) is 11.5 Å². The van der Waals surface area contributed by atoms with E-state index in [0.29, 0.717) is 24.9 Å². The van der Waals surface area contributed by atoms with Gasteiger partial charge < -0.3 is 16.0 Å². The maximum atomic E-state index is 13.7. The van der Waals surface area contributed by atoms with E-state index in [1.807, 2.05) is 6.20 Å². The Bertz CT molecular complexity index is 562. The van der Waals surface area contributed by atoms with Crippen molar-refractivity contribution in [2.24, 2.45) is 5.73 Å². The van der Waals surface area contributed by atoms with Crippen molar-refractivity contribution >= 4 is 12.6 Å². The molecule has 0 amide bonds. The van der Waals surface area contributed by atoms with Crippen molar-refractivity contribution in [2.75, 3.05) is 6.54 Å². The SMILES string of the molecule is NCC1=CN[C@@H](S)N1[C@@H]1CCc2c(F)cc(F)cc2C1. The minimum Gasteiger partial charge on any atom is -0.361 e. The van der Waals surface area contributed by atoms with Gasteiger partial charge in [-0.1, -0.05) is 0 Å². The molecule has 2 aliphatic rings. The zero-order valence-electron chi connectivity index (χ0n) is 10.9. The largest absolute Gasteiger partial charge is 0.361 e. The molecule has 1 aromatic carbocycles. The van der Waals surface area contributed by atoms with Crippen LogP contribution >= 0.6 is 12.6 Å². The first-order valence-corrected chi connectivity index (χ1v) is 7.20. The fraction of sp³-hybridized carbons (Fsp3) is 0.429. The highest BCUT2D eigenvalue weighted by molar-refractivity contribution is 7.80. The van der Waals surface area contributed by atoms with Gasteiger partial charge in [-0.25, -0.2) is 8.78 Å². The molecule has 0 saturated carbocycles. The van der Waals surface area contributed by atoms with Crippen molar-refractivity contribution in [1.82, 2.24) is 10.2 Å². The Balaban J connectivity index is 1.87. The second-order valence-corrected chi connectivity index (χ2v) is 5.70. The molecule has 0 aromatic heterocycles. The summed E-state index contributed by atoms with van der Waals surface area (Å²) in [6.45, 7) is 0.422. The smallest absolute Gasteiger partial charge is 0.145 e. The molecule has 1 aromatic rings. The van der Waals surface area contributed by atoms with E-state index in [1.165, 1.54) is 6.07 Å². The van der Waals surface area contributed by atoms with Gasteiger partial charge in [-0.05, 0) is 36.5 Å². The van der Waals surface area contributed by atoms with Crippen molar-refractivity contribution in [3.63, 3.8) is 0 Å². The summed E-state index contributed by atoms with van der Waals surface area (Å²) in [5.41, 5.74) is 7.98. The lowest BCUT2D eigenvalue weighted by Crippen LogP contribution is -2.44. The number of rotatable bonds is 2. The first kappa shape index (κ1) is 13.7. The molecule has 2 atom stereocenters. The quantitative estimate of drug-likeness (QED) is 0.728. The molecule has 3 N–H and O–H groups in total. The zero-order chi connectivity index (χ0) is 14.3. The number of fused-ring (bicyclic) bond motifs is 1. The van der Waals surface area contributed by atoms with E-state index in [4.69, 9.17) is 5.73 Å². The van der Waals surface area contributed by atoms with Crippen molar-refractivity contribution in [3.8, 4) is 0 Å². The third-order valence-electron chi connectivity index (χ3n) is 4.03. The van der Waals surface area contributed by atoms with Gasteiger partial charge in [0.05, 0.1) is 0 Å². The van der Waals surface area contributed by atoms with Crippen LogP contribution in [0, 0.1) is 11.6 Å². The third kappa shape index (κ3) is 2.27. The van der Waals surface area contributed by atoms with Crippen molar-refractivity contribution in [3.05, 3.63) is 46.8 Å². The molecule has 108 valence electrons. The van der Waals surface area contributed by atoms with Crippen LogP contribution in [-0.2, 0) is 12.8 Å². The normalized spacial score (nSPS) is 25.2. The Hall–Kier alpha value is -1.27. The van der Waals surface area contributed by atoms with Crippen molar-refractivity contribution in [2.45, 2.75) is 30.8 Å². The maximum absolute atomic E-state index is 13.7. The monoisotopic (exact) mass is 297 g/mol. The zero-order valence-corrected chi connectivity index (χ0v) is 11.8. The van der Waals surface area contributed by atoms with Crippen LogP contribution in [0.5, 0.6) is 0 Å². The first-order valence-electron chi connectivity index (χ1n) is 6.68. The molecule has 0 unspecified atom stereocenters. The number of hydrogen-bond donors (Lipinski definition) is 3. The summed E-state index contributed by atoms with van der Waals surface area (Å²) in [5.74, 6) is -0.950. The Morgan fingerprint density at radius 2 is 2.20 bits per heavy atom. The van der Waals surface area contributed by atoms with Crippen LogP contribution in [0.25, 0.3) is 0 Å². The molecular weight excluding hydrogens is 280 g/mol. The highest BCUT2D eigenvalue weighted by atomic mass is 32.1. The predicted octanol–water partition coefficient (Wildman–Crippen LogP) is 1.74. The summed E-state index contributed by atoms with van der Waals surface area (Å²) < 4.78 is 27.1. The number of nitrogens with one attached hydrogen (secondary N) is 1. The van der Waals surface area contributed by atoms with Crippen molar-refractivity contribution in [1.29, 1.82) is 0 Å². The topological polar surface area (TPSA) is 41.3 Å². The Morgan fingerprint density at radius 1 is 1.40 bits per heavy atom. The van der Waals surface area contributed by atoms with Gasteiger partial charge in [-0.15, -0.1) is 12.6 Å². The maximum Gasteiger partial charge on any atom is 0.145 e. The molecule has 0 fully saturated rings. The summed E-state index contributed by atoms with van der Waals surface area (Å²) in [6, 6.07) is 2.56.